The first kappa shape index (κ1) is 16.2. The fourth-order valence-corrected chi connectivity index (χ4v) is 1.85. The molecule has 2 unspecified atom stereocenters. The molecule has 0 saturated heterocycles. The molecular weight excluding hydrogens is 256 g/mol. The molecule has 5 heteroatoms. The van der Waals surface area contributed by atoms with Gasteiger partial charge in [-0.15, -0.1) is 0 Å². The number of amides is 1. The molecule has 0 aliphatic carbocycles. The van der Waals surface area contributed by atoms with Crippen LogP contribution < -0.4 is 11.1 Å². The van der Waals surface area contributed by atoms with Crippen LogP contribution in [-0.4, -0.2) is 25.0 Å². The Morgan fingerprint density at radius 1 is 1.30 bits per heavy atom. The molecule has 1 aromatic rings. The average molecular weight is 278 g/mol. The molecule has 0 spiro atoms. The van der Waals surface area contributed by atoms with E-state index in [1.165, 1.54) is 7.11 Å². The van der Waals surface area contributed by atoms with Crippen LogP contribution in [-0.2, 0) is 14.3 Å². The minimum atomic E-state index is -0.818. The molecule has 0 aromatic heterocycles. The highest BCUT2D eigenvalue weighted by atomic mass is 16.5. The standard InChI is InChI=1S/C15H22N2O3/c1-3-4-10-12(16)14(18)17-13(15(19)20-2)11-8-6-5-7-9-11/h5-9,12-13H,3-4,10,16H2,1-2H3,(H,17,18). The van der Waals surface area contributed by atoms with E-state index >= 15 is 0 Å². The Balaban J connectivity index is 2.76. The van der Waals surface area contributed by atoms with Crippen molar-refractivity contribution in [1.82, 2.24) is 5.32 Å². The van der Waals surface area contributed by atoms with Crippen molar-refractivity contribution in [2.24, 2.45) is 5.73 Å². The summed E-state index contributed by atoms with van der Waals surface area (Å²) < 4.78 is 4.73. The highest BCUT2D eigenvalue weighted by molar-refractivity contribution is 5.88. The van der Waals surface area contributed by atoms with Crippen LogP contribution in [0.15, 0.2) is 30.3 Å². The monoisotopic (exact) mass is 278 g/mol. The number of rotatable bonds is 7. The molecular formula is C15H22N2O3. The smallest absolute Gasteiger partial charge is 0.333 e. The van der Waals surface area contributed by atoms with Crippen LogP contribution in [0.1, 0.15) is 37.8 Å². The summed E-state index contributed by atoms with van der Waals surface area (Å²) in [6.07, 6.45) is 2.45. The van der Waals surface area contributed by atoms with E-state index < -0.39 is 18.1 Å². The number of nitrogens with one attached hydrogen (secondary N) is 1. The van der Waals surface area contributed by atoms with Crippen LogP contribution in [0.25, 0.3) is 0 Å². The van der Waals surface area contributed by atoms with Crippen molar-refractivity contribution >= 4 is 11.9 Å². The third-order valence-corrected chi connectivity index (χ3v) is 3.06. The maximum atomic E-state index is 12.0. The van der Waals surface area contributed by atoms with Crippen LogP contribution >= 0.6 is 0 Å². The molecule has 20 heavy (non-hydrogen) atoms. The Labute approximate surface area is 119 Å². The van der Waals surface area contributed by atoms with E-state index in [4.69, 9.17) is 10.5 Å². The van der Waals surface area contributed by atoms with Gasteiger partial charge in [-0.05, 0) is 12.0 Å². The lowest BCUT2D eigenvalue weighted by Gasteiger charge is -2.19. The fraction of sp³-hybridized carbons (Fsp3) is 0.467. The molecule has 0 fully saturated rings. The van der Waals surface area contributed by atoms with Gasteiger partial charge in [-0.3, -0.25) is 4.79 Å². The van der Waals surface area contributed by atoms with Gasteiger partial charge in [0.1, 0.15) is 0 Å². The molecule has 5 nitrogen and oxygen atoms in total. The summed E-state index contributed by atoms with van der Waals surface area (Å²) in [7, 11) is 1.29. The zero-order valence-corrected chi connectivity index (χ0v) is 12.0. The lowest BCUT2D eigenvalue weighted by Crippen LogP contribution is -2.44. The van der Waals surface area contributed by atoms with Gasteiger partial charge >= 0.3 is 5.97 Å². The van der Waals surface area contributed by atoms with E-state index in [9.17, 15) is 9.59 Å². The topological polar surface area (TPSA) is 81.4 Å². The van der Waals surface area contributed by atoms with Crippen molar-refractivity contribution in [1.29, 1.82) is 0 Å². The lowest BCUT2D eigenvalue weighted by molar-refractivity contribution is -0.145. The Morgan fingerprint density at radius 3 is 2.50 bits per heavy atom. The van der Waals surface area contributed by atoms with Gasteiger partial charge in [0.05, 0.1) is 13.2 Å². The number of esters is 1. The summed E-state index contributed by atoms with van der Waals surface area (Å²) in [6.45, 7) is 2.03. The number of carbonyl (C=O) groups excluding carboxylic acids is 2. The summed E-state index contributed by atoms with van der Waals surface area (Å²) in [4.78, 5) is 23.8. The minimum absolute atomic E-state index is 0.335. The van der Waals surface area contributed by atoms with Crippen LogP contribution in [0.2, 0.25) is 0 Å². The van der Waals surface area contributed by atoms with E-state index in [1.807, 2.05) is 13.0 Å². The molecule has 110 valence electrons. The number of carbonyl (C=O) groups is 2. The molecule has 0 saturated carbocycles. The zero-order chi connectivity index (χ0) is 15.0. The second-order valence-corrected chi connectivity index (χ2v) is 4.62. The molecule has 1 aromatic carbocycles. The lowest BCUT2D eigenvalue weighted by atomic mass is 10.1. The first-order valence-electron chi connectivity index (χ1n) is 6.78. The largest absolute Gasteiger partial charge is 0.467 e. The Kier molecular flexibility index (Phi) is 6.73. The highest BCUT2D eigenvalue weighted by Gasteiger charge is 2.25. The summed E-state index contributed by atoms with van der Waals surface area (Å²) in [5.41, 5.74) is 6.48. The van der Waals surface area contributed by atoms with E-state index in [-0.39, 0.29) is 5.91 Å². The number of hydrogen-bond acceptors (Lipinski definition) is 4. The van der Waals surface area contributed by atoms with Crippen LogP contribution in [0, 0.1) is 0 Å². The van der Waals surface area contributed by atoms with Crippen molar-refractivity contribution in [2.45, 2.75) is 38.3 Å². The van der Waals surface area contributed by atoms with Gasteiger partial charge in [-0.2, -0.15) is 0 Å². The summed E-state index contributed by atoms with van der Waals surface area (Å²) in [5.74, 6) is -0.843. The first-order valence-corrected chi connectivity index (χ1v) is 6.78. The fourth-order valence-electron chi connectivity index (χ4n) is 1.85. The van der Waals surface area contributed by atoms with Crippen molar-refractivity contribution in [3.05, 3.63) is 35.9 Å². The molecule has 3 N–H and O–H groups in total. The molecule has 0 radical (unpaired) electrons. The Hall–Kier alpha value is -1.88. The minimum Gasteiger partial charge on any atom is -0.467 e. The molecule has 0 aliphatic heterocycles. The number of benzene rings is 1. The van der Waals surface area contributed by atoms with Gasteiger partial charge in [0.15, 0.2) is 6.04 Å². The molecule has 0 bridgehead atoms. The predicted molar refractivity (Wildman–Crippen MR) is 76.8 cm³/mol. The third-order valence-electron chi connectivity index (χ3n) is 3.06. The summed E-state index contributed by atoms with van der Waals surface area (Å²) in [6, 6.07) is 7.54. The van der Waals surface area contributed by atoms with Gasteiger partial charge in [-0.1, -0.05) is 50.1 Å². The van der Waals surface area contributed by atoms with E-state index in [1.54, 1.807) is 24.3 Å². The van der Waals surface area contributed by atoms with Gasteiger partial charge in [0.2, 0.25) is 5.91 Å². The van der Waals surface area contributed by atoms with E-state index in [2.05, 4.69) is 5.32 Å². The number of hydrogen-bond donors (Lipinski definition) is 2. The van der Waals surface area contributed by atoms with Crippen LogP contribution in [0.3, 0.4) is 0 Å². The molecule has 0 heterocycles. The number of ether oxygens (including phenoxy) is 1. The maximum absolute atomic E-state index is 12.0. The number of nitrogens with two attached hydrogens (primary N) is 1. The first-order chi connectivity index (χ1) is 9.60. The number of unbranched alkanes of at least 4 members (excludes halogenated alkanes) is 1. The molecule has 0 aliphatic rings. The predicted octanol–water partition coefficient (Wildman–Crippen LogP) is 1.53. The Bertz CT molecular complexity index is 434. The molecule has 1 rings (SSSR count). The maximum Gasteiger partial charge on any atom is 0.333 e. The van der Waals surface area contributed by atoms with Crippen LogP contribution in [0.4, 0.5) is 0 Å². The highest BCUT2D eigenvalue weighted by Crippen LogP contribution is 2.14. The van der Waals surface area contributed by atoms with Crippen molar-refractivity contribution < 1.29 is 14.3 Å². The second kappa shape index (κ2) is 8.32. The van der Waals surface area contributed by atoms with Crippen molar-refractivity contribution in [3.8, 4) is 0 Å². The summed E-state index contributed by atoms with van der Waals surface area (Å²) >= 11 is 0. The normalized spacial score (nSPS) is 13.3. The Morgan fingerprint density at radius 2 is 1.95 bits per heavy atom. The average Bonchev–Trinajstić information content (AvgIpc) is 2.49. The van der Waals surface area contributed by atoms with E-state index in [0.29, 0.717) is 12.0 Å². The molecule has 2 atom stereocenters. The zero-order valence-electron chi connectivity index (χ0n) is 12.0. The van der Waals surface area contributed by atoms with Crippen molar-refractivity contribution in [3.63, 3.8) is 0 Å². The van der Waals surface area contributed by atoms with Gasteiger partial charge < -0.3 is 15.8 Å². The summed E-state index contributed by atoms with van der Waals surface area (Å²) in [5, 5.41) is 2.65. The van der Waals surface area contributed by atoms with Gasteiger partial charge in [-0.25, -0.2) is 4.79 Å². The van der Waals surface area contributed by atoms with Gasteiger partial charge in [0.25, 0.3) is 0 Å². The van der Waals surface area contributed by atoms with Crippen LogP contribution in [0.5, 0.6) is 0 Å². The quantitative estimate of drug-likeness (QED) is 0.741. The number of methoxy groups -OCH3 is 1. The van der Waals surface area contributed by atoms with Crippen molar-refractivity contribution in [2.75, 3.05) is 7.11 Å². The second-order valence-electron chi connectivity index (χ2n) is 4.62. The third kappa shape index (κ3) is 4.66. The van der Waals surface area contributed by atoms with Gasteiger partial charge in [0, 0.05) is 0 Å². The SMILES string of the molecule is CCCCC(N)C(=O)NC(C(=O)OC)c1ccccc1. The van der Waals surface area contributed by atoms with E-state index in [0.717, 1.165) is 12.8 Å². The molecule has 1 amide bonds.